The predicted molar refractivity (Wildman–Crippen MR) is 117 cm³/mol. The third-order valence-electron chi connectivity index (χ3n) is 6.01. The van der Waals surface area contributed by atoms with Crippen LogP contribution in [0.1, 0.15) is 54.6 Å². The summed E-state index contributed by atoms with van der Waals surface area (Å²) in [5, 5.41) is 2.60. The molecule has 6 nitrogen and oxygen atoms in total. The molecular formula is C24H23F4N3O3. The number of carbonyl (C=O) groups is 2. The van der Waals surface area contributed by atoms with Gasteiger partial charge in [-0.3, -0.25) is 14.9 Å². The van der Waals surface area contributed by atoms with Crippen LogP contribution >= 0.6 is 0 Å². The summed E-state index contributed by atoms with van der Waals surface area (Å²) in [4.78, 5) is 29.3. The molecule has 1 aromatic heterocycles. The number of nitrogens with zero attached hydrogens (tertiary/aromatic N) is 2. The molecular weight excluding hydrogens is 454 g/mol. The number of ether oxygens (including phenoxy) is 1. The van der Waals surface area contributed by atoms with Crippen LogP contribution in [0.5, 0.6) is 0 Å². The number of aromatic nitrogens is 2. The molecule has 0 atom stereocenters. The van der Waals surface area contributed by atoms with E-state index in [9.17, 15) is 27.2 Å². The van der Waals surface area contributed by atoms with E-state index in [-0.39, 0.29) is 29.4 Å². The summed E-state index contributed by atoms with van der Waals surface area (Å²) in [5.41, 5.74) is -0.217. The second-order valence-electron chi connectivity index (χ2n) is 8.23. The van der Waals surface area contributed by atoms with Gasteiger partial charge in [-0.15, -0.1) is 0 Å². The van der Waals surface area contributed by atoms with Crippen molar-refractivity contribution in [1.29, 1.82) is 0 Å². The minimum Gasteiger partial charge on any atom is -0.466 e. The smallest absolute Gasteiger partial charge is 0.416 e. The Kier molecular flexibility index (Phi) is 6.58. The number of hydrogen-bond donors (Lipinski definition) is 1. The number of esters is 1. The standard InChI is InChI=1S/C24H23F4N3O3/c1-2-34-22(33)14-6-9-18(10-7-14)31-20-11-8-17(25)13-19(20)29-23(31)30-21(32)15-4-3-5-16(12-15)24(26,27)28/h3-5,8,11-14,18H,2,6-7,9-10H2,1H3,(H,29,30,32)/t14-,18+. The zero-order valence-corrected chi connectivity index (χ0v) is 18.4. The number of carbonyl (C=O) groups excluding carboxylic acids is 2. The van der Waals surface area contributed by atoms with Gasteiger partial charge in [-0.25, -0.2) is 9.37 Å². The second-order valence-corrected chi connectivity index (χ2v) is 8.23. The van der Waals surface area contributed by atoms with Crippen LogP contribution in [-0.4, -0.2) is 28.0 Å². The highest BCUT2D eigenvalue weighted by molar-refractivity contribution is 6.04. The van der Waals surface area contributed by atoms with Crippen LogP contribution in [0.15, 0.2) is 42.5 Å². The topological polar surface area (TPSA) is 73.2 Å². The van der Waals surface area contributed by atoms with Crippen molar-refractivity contribution in [2.45, 2.75) is 44.8 Å². The van der Waals surface area contributed by atoms with Gasteiger partial charge in [0.2, 0.25) is 5.95 Å². The highest BCUT2D eigenvalue weighted by atomic mass is 19.4. The number of anilines is 1. The summed E-state index contributed by atoms with van der Waals surface area (Å²) in [6, 6.07) is 8.02. The summed E-state index contributed by atoms with van der Waals surface area (Å²) in [6.07, 6.45) is -2.24. The van der Waals surface area contributed by atoms with Gasteiger partial charge in [0.1, 0.15) is 5.82 Å². The number of benzene rings is 2. The van der Waals surface area contributed by atoms with E-state index in [1.807, 2.05) is 0 Å². The van der Waals surface area contributed by atoms with Crippen LogP contribution in [0.3, 0.4) is 0 Å². The lowest BCUT2D eigenvalue weighted by atomic mass is 9.86. The van der Waals surface area contributed by atoms with Gasteiger partial charge in [-0.2, -0.15) is 13.2 Å². The van der Waals surface area contributed by atoms with Crippen molar-refractivity contribution in [2.75, 3.05) is 11.9 Å². The molecule has 1 N–H and O–H groups in total. The molecule has 1 heterocycles. The molecule has 0 aliphatic heterocycles. The highest BCUT2D eigenvalue weighted by Crippen LogP contribution is 2.37. The second kappa shape index (κ2) is 9.44. The molecule has 10 heteroatoms. The van der Waals surface area contributed by atoms with Gasteiger partial charge >= 0.3 is 12.1 Å². The fraction of sp³-hybridized carbons (Fsp3) is 0.375. The molecule has 2 aromatic carbocycles. The van der Waals surface area contributed by atoms with Crippen LogP contribution in [-0.2, 0) is 15.7 Å². The number of alkyl halides is 3. The Bertz CT molecular complexity index is 1210. The number of amides is 1. The number of fused-ring (bicyclic) bond motifs is 1. The number of halogens is 4. The van der Waals surface area contributed by atoms with E-state index in [4.69, 9.17) is 4.74 Å². The predicted octanol–water partition coefficient (Wildman–Crippen LogP) is 5.74. The Balaban J connectivity index is 1.63. The average molecular weight is 477 g/mol. The van der Waals surface area contributed by atoms with Crippen LogP contribution in [0, 0.1) is 11.7 Å². The first-order valence-electron chi connectivity index (χ1n) is 11.0. The van der Waals surface area contributed by atoms with Gasteiger partial charge in [0.15, 0.2) is 0 Å². The van der Waals surface area contributed by atoms with Crippen LogP contribution in [0.25, 0.3) is 11.0 Å². The van der Waals surface area contributed by atoms with E-state index in [0.717, 1.165) is 18.2 Å². The molecule has 1 saturated carbocycles. The number of rotatable bonds is 5. The van der Waals surface area contributed by atoms with Crippen molar-refractivity contribution < 1.29 is 31.9 Å². The van der Waals surface area contributed by atoms with Crippen LogP contribution < -0.4 is 5.32 Å². The van der Waals surface area contributed by atoms with Gasteiger partial charge in [-0.1, -0.05) is 6.07 Å². The maximum Gasteiger partial charge on any atom is 0.416 e. The van der Waals surface area contributed by atoms with Gasteiger partial charge in [0.25, 0.3) is 5.91 Å². The van der Waals surface area contributed by atoms with Gasteiger partial charge in [0.05, 0.1) is 29.1 Å². The number of hydrogen-bond acceptors (Lipinski definition) is 4. The SMILES string of the molecule is CCOC(=O)[C@H]1CC[C@@H](n2c(NC(=O)c3cccc(C(F)(F)F)c3)nc3cc(F)ccc32)CC1. The molecule has 3 aromatic rings. The zero-order valence-electron chi connectivity index (χ0n) is 18.4. The van der Waals surface area contributed by atoms with E-state index < -0.39 is 23.5 Å². The highest BCUT2D eigenvalue weighted by Gasteiger charge is 2.32. The summed E-state index contributed by atoms with van der Waals surface area (Å²) < 4.78 is 59.9. The molecule has 34 heavy (non-hydrogen) atoms. The summed E-state index contributed by atoms with van der Waals surface area (Å²) in [5.74, 6) is -1.60. The largest absolute Gasteiger partial charge is 0.466 e. The van der Waals surface area contributed by atoms with Gasteiger partial charge < -0.3 is 9.30 Å². The molecule has 1 aliphatic carbocycles. The molecule has 180 valence electrons. The van der Waals surface area contributed by atoms with Crippen LogP contribution in [0.2, 0.25) is 0 Å². The first-order chi connectivity index (χ1) is 16.2. The lowest BCUT2D eigenvalue weighted by Gasteiger charge is -2.29. The summed E-state index contributed by atoms with van der Waals surface area (Å²) in [6.45, 7) is 2.06. The van der Waals surface area contributed by atoms with Crippen molar-refractivity contribution in [3.8, 4) is 0 Å². The first kappa shape index (κ1) is 23.7. The number of nitrogens with one attached hydrogen (secondary N) is 1. The summed E-state index contributed by atoms with van der Waals surface area (Å²) in [7, 11) is 0. The Hall–Kier alpha value is -3.43. The van der Waals surface area contributed by atoms with Crippen molar-refractivity contribution in [3.05, 3.63) is 59.4 Å². The van der Waals surface area contributed by atoms with Crippen molar-refractivity contribution in [1.82, 2.24) is 9.55 Å². The molecule has 0 unspecified atom stereocenters. The van der Waals surface area contributed by atoms with Crippen molar-refractivity contribution in [3.63, 3.8) is 0 Å². The molecule has 0 bridgehead atoms. The summed E-state index contributed by atoms with van der Waals surface area (Å²) >= 11 is 0. The van der Waals surface area contributed by atoms with Gasteiger partial charge in [-0.05, 0) is 62.9 Å². The molecule has 1 aliphatic rings. The third-order valence-corrected chi connectivity index (χ3v) is 6.01. The van der Waals surface area contributed by atoms with E-state index in [1.54, 1.807) is 17.6 Å². The molecule has 0 saturated heterocycles. The Morgan fingerprint density at radius 2 is 1.85 bits per heavy atom. The van der Waals surface area contributed by atoms with E-state index >= 15 is 0 Å². The molecule has 1 amide bonds. The van der Waals surface area contributed by atoms with E-state index in [1.165, 1.54) is 18.2 Å². The quantitative estimate of drug-likeness (QED) is 0.376. The third kappa shape index (κ3) is 4.90. The average Bonchev–Trinajstić information content (AvgIpc) is 3.15. The maximum atomic E-state index is 13.8. The molecule has 1 fully saturated rings. The fourth-order valence-electron chi connectivity index (χ4n) is 4.37. The Morgan fingerprint density at radius 1 is 1.12 bits per heavy atom. The van der Waals surface area contributed by atoms with E-state index in [0.29, 0.717) is 43.3 Å². The Morgan fingerprint density at radius 3 is 2.53 bits per heavy atom. The first-order valence-corrected chi connectivity index (χ1v) is 11.0. The van der Waals surface area contributed by atoms with Crippen molar-refractivity contribution in [2.24, 2.45) is 5.92 Å². The lowest BCUT2D eigenvalue weighted by molar-refractivity contribution is -0.149. The normalized spacial score (nSPS) is 18.6. The monoisotopic (exact) mass is 477 g/mol. The van der Waals surface area contributed by atoms with Crippen molar-refractivity contribution >= 4 is 28.9 Å². The molecule has 4 rings (SSSR count). The van der Waals surface area contributed by atoms with E-state index in [2.05, 4.69) is 10.3 Å². The Labute approximate surface area is 192 Å². The fourth-order valence-corrected chi connectivity index (χ4v) is 4.37. The molecule has 0 radical (unpaired) electrons. The molecule has 0 spiro atoms. The minimum atomic E-state index is -4.58. The number of imidazole rings is 1. The van der Waals surface area contributed by atoms with Crippen LogP contribution in [0.4, 0.5) is 23.5 Å². The zero-order chi connectivity index (χ0) is 24.5. The lowest BCUT2D eigenvalue weighted by Crippen LogP contribution is -2.26. The minimum absolute atomic E-state index is 0.114. The maximum absolute atomic E-state index is 13.8. The van der Waals surface area contributed by atoms with Gasteiger partial charge in [0, 0.05) is 17.7 Å².